The standard InChI is InChI=1S/C28H21FN4O3/c1-16-2-3-19-12-18(7-11-24(19)30-16)17-4-8-21(9-5-17)28(26(35)31-27(36)32-28)15-33-14-20-6-10-22(29)13-23(20)25(33)34/h2-13H,14-15H2,1H3,(H2,31,32,35,36). The second-order valence-corrected chi connectivity index (χ2v) is 9.21. The summed E-state index contributed by atoms with van der Waals surface area (Å²) in [7, 11) is 0. The molecule has 178 valence electrons. The molecule has 2 N–H and O–H groups in total. The Hall–Kier alpha value is -4.59. The monoisotopic (exact) mass is 480 g/mol. The molecule has 0 saturated carbocycles. The number of amides is 4. The third-order valence-electron chi connectivity index (χ3n) is 6.86. The number of halogens is 1. The molecule has 6 rings (SSSR count). The minimum absolute atomic E-state index is 0.0833. The van der Waals surface area contributed by atoms with Gasteiger partial charge in [0.2, 0.25) is 0 Å². The van der Waals surface area contributed by atoms with Crippen LogP contribution in [0, 0.1) is 12.7 Å². The van der Waals surface area contributed by atoms with Crippen molar-refractivity contribution in [1.29, 1.82) is 0 Å². The van der Waals surface area contributed by atoms with E-state index in [0.717, 1.165) is 27.7 Å². The fourth-order valence-corrected chi connectivity index (χ4v) is 5.00. The average molecular weight is 480 g/mol. The van der Waals surface area contributed by atoms with Crippen molar-refractivity contribution in [1.82, 2.24) is 20.5 Å². The van der Waals surface area contributed by atoms with Gasteiger partial charge in [0.05, 0.1) is 12.1 Å². The molecule has 0 aliphatic carbocycles. The summed E-state index contributed by atoms with van der Waals surface area (Å²) < 4.78 is 13.7. The molecule has 2 aliphatic rings. The van der Waals surface area contributed by atoms with Gasteiger partial charge in [-0.3, -0.25) is 19.9 Å². The third-order valence-corrected chi connectivity index (χ3v) is 6.86. The van der Waals surface area contributed by atoms with E-state index in [9.17, 15) is 18.8 Å². The highest BCUT2D eigenvalue weighted by molar-refractivity contribution is 6.08. The van der Waals surface area contributed by atoms with E-state index in [2.05, 4.69) is 21.7 Å². The van der Waals surface area contributed by atoms with Crippen LogP contribution in [0.15, 0.2) is 72.8 Å². The van der Waals surface area contributed by atoms with E-state index >= 15 is 0 Å². The highest BCUT2D eigenvalue weighted by Gasteiger charge is 2.50. The number of hydrogen-bond acceptors (Lipinski definition) is 4. The van der Waals surface area contributed by atoms with Crippen LogP contribution < -0.4 is 10.6 Å². The fourth-order valence-electron chi connectivity index (χ4n) is 5.00. The van der Waals surface area contributed by atoms with E-state index in [0.29, 0.717) is 11.1 Å². The number of carbonyl (C=O) groups is 3. The lowest BCUT2D eigenvalue weighted by Crippen LogP contribution is -2.52. The van der Waals surface area contributed by atoms with E-state index in [1.54, 1.807) is 18.2 Å². The number of nitrogens with zero attached hydrogens (tertiary/aromatic N) is 2. The molecule has 0 bridgehead atoms. The van der Waals surface area contributed by atoms with Crippen molar-refractivity contribution in [2.45, 2.75) is 19.0 Å². The Balaban J connectivity index is 1.33. The van der Waals surface area contributed by atoms with Crippen molar-refractivity contribution in [2.75, 3.05) is 6.54 Å². The smallest absolute Gasteiger partial charge is 0.322 e. The number of fused-ring (bicyclic) bond motifs is 2. The summed E-state index contributed by atoms with van der Waals surface area (Å²) in [5.74, 6) is -1.42. The average Bonchev–Trinajstić information content (AvgIpc) is 3.33. The topological polar surface area (TPSA) is 91.4 Å². The van der Waals surface area contributed by atoms with Crippen LogP contribution in [0.25, 0.3) is 22.0 Å². The first kappa shape index (κ1) is 21.9. The first-order chi connectivity index (χ1) is 17.3. The molecule has 2 aliphatic heterocycles. The third kappa shape index (κ3) is 3.50. The van der Waals surface area contributed by atoms with Crippen LogP contribution in [0.5, 0.6) is 0 Å². The van der Waals surface area contributed by atoms with E-state index in [-0.39, 0.29) is 24.6 Å². The number of rotatable bonds is 4. The van der Waals surface area contributed by atoms with Gasteiger partial charge in [-0.05, 0) is 59.5 Å². The molecule has 0 radical (unpaired) electrons. The van der Waals surface area contributed by atoms with Crippen LogP contribution in [0.2, 0.25) is 0 Å². The quantitative estimate of drug-likeness (QED) is 0.432. The Morgan fingerprint density at radius 2 is 1.72 bits per heavy atom. The summed E-state index contributed by atoms with van der Waals surface area (Å²) in [4.78, 5) is 44.2. The van der Waals surface area contributed by atoms with E-state index in [1.807, 2.05) is 43.3 Å². The second kappa shape index (κ2) is 7.98. The Morgan fingerprint density at radius 3 is 2.47 bits per heavy atom. The summed E-state index contributed by atoms with van der Waals surface area (Å²) in [6, 6.07) is 20.8. The van der Waals surface area contributed by atoms with Crippen LogP contribution in [-0.4, -0.2) is 34.3 Å². The first-order valence-electron chi connectivity index (χ1n) is 11.5. The maximum atomic E-state index is 13.7. The van der Waals surface area contributed by atoms with Gasteiger partial charge < -0.3 is 10.2 Å². The summed E-state index contributed by atoms with van der Waals surface area (Å²) in [5.41, 5.74) is 3.81. The number of benzene rings is 3. The molecule has 4 aromatic rings. The Kier molecular flexibility index (Phi) is 4.86. The van der Waals surface area contributed by atoms with Crippen molar-refractivity contribution in [3.05, 3.63) is 101 Å². The maximum absolute atomic E-state index is 13.7. The van der Waals surface area contributed by atoms with Gasteiger partial charge in [0, 0.05) is 23.2 Å². The molecule has 1 aromatic heterocycles. The van der Waals surface area contributed by atoms with Crippen molar-refractivity contribution < 1.29 is 18.8 Å². The summed E-state index contributed by atoms with van der Waals surface area (Å²) >= 11 is 0. The maximum Gasteiger partial charge on any atom is 0.322 e. The van der Waals surface area contributed by atoms with Crippen LogP contribution in [-0.2, 0) is 16.9 Å². The van der Waals surface area contributed by atoms with Gasteiger partial charge in [-0.25, -0.2) is 9.18 Å². The lowest BCUT2D eigenvalue weighted by molar-refractivity contribution is -0.124. The number of aromatic nitrogens is 1. The van der Waals surface area contributed by atoms with Crippen LogP contribution in [0.3, 0.4) is 0 Å². The SMILES string of the molecule is Cc1ccc2cc(-c3ccc(C4(CN5Cc6ccc(F)cc6C5=O)NC(=O)NC4=O)cc3)ccc2n1. The highest BCUT2D eigenvalue weighted by atomic mass is 19.1. The van der Waals surface area contributed by atoms with E-state index in [1.165, 1.54) is 17.0 Å². The lowest BCUT2D eigenvalue weighted by Gasteiger charge is -2.31. The van der Waals surface area contributed by atoms with Crippen molar-refractivity contribution in [3.8, 4) is 11.1 Å². The first-order valence-corrected chi connectivity index (χ1v) is 11.5. The zero-order valence-corrected chi connectivity index (χ0v) is 19.3. The highest BCUT2D eigenvalue weighted by Crippen LogP contribution is 2.33. The number of aryl methyl sites for hydroxylation is 1. The number of nitrogens with one attached hydrogen (secondary N) is 2. The minimum Gasteiger partial charge on any atom is -0.331 e. The Bertz CT molecular complexity index is 1580. The molecule has 1 saturated heterocycles. The van der Waals surface area contributed by atoms with Crippen LogP contribution in [0.1, 0.15) is 27.2 Å². The molecule has 3 heterocycles. The molecule has 8 heteroatoms. The zero-order chi connectivity index (χ0) is 25.0. The second-order valence-electron chi connectivity index (χ2n) is 9.21. The largest absolute Gasteiger partial charge is 0.331 e. The summed E-state index contributed by atoms with van der Waals surface area (Å²) in [5, 5.41) is 6.05. The molecule has 1 fully saturated rings. The lowest BCUT2D eigenvalue weighted by atomic mass is 9.88. The normalized spacial score (nSPS) is 18.9. The van der Waals surface area contributed by atoms with Crippen LogP contribution in [0.4, 0.5) is 9.18 Å². The Morgan fingerprint density at radius 1 is 0.944 bits per heavy atom. The van der Waals surface area contributed by atoms with Gasteiger partial charge >= 0.3 is 6.03 Å². The van der Waals surface area contributed by atoms with Gasteiger partial charge in [0.25, 0.3) is 11.8 Å². The molecule has 1 atom stereocenters. The molecule has 7 nitrogen and oxygen atoms in total. The van der Waals surface area contributed by atoms with Gasteiger partial charge in [-0.2, -0.15) is 0 Å². The predicted octanol–water partition coefficient (Wildman–Crippen LogP) is 4.04. The van der Waals surface area contributed by atoms with Crippen molar-refractivity contribution in [3.63, 3.8) is 0 Å². The minimum atomic E-state index is -1.46. The number of urea groups is 1. The number of carbonyl (C=O) groups excluding carboxylic acids is 3. The number of pyridine rings is 1. The molecule has 3 aromatic carbocycles. The molecular weight excluding hydrogens is 459 g/mol. The van der Waals surface area contributed by atoms with Crippen LogP contribution >= 0.6 is 0 Å². The molecule has 36 heavy (non-hydrogen) atoms. The summed E-state index contributed by atoms with van der Waals surface area (Å²) in [6.07, 6.45) is 0. The predicted molar refractivity (Wildman–Crippen MR) is 131 cm³/mol. The zero-order valence-electron chi connectivity index (χ0n) is 19.3. The molecule has 4 amide bonds. The van der Waals surface area contributed by atoms with Crippen molar-refractivity contribution in [2.24, 2.45) is 0 Å². The molecular formula is C28H21FN4O3. The fraction of sp³-hybridized carbons (Fsp3) is 0.143. The van der Waals surface area contributed by atoms with E-state index in [4.69, 9.17) is 0 Å². The van der Waals surface area contributed by atoms with Gasteiger partial charge in [0.1, 0.15) is 5.82 Å². The Labute approximate surface area is 205 Å². The molecule has 0 spiro atoms. The number of hydrogen-bond donors (Lipinski definition) is 2. The number of imide groups is 1. The summed E-state index contributed by atoms with van der Waals surface area (Å²) in [6.45, 7) is 2.09. The molecule has 1 unspecified atom stereocenters. The van der Waals surface area contributed by atoms with Gasteiger partial charge in [0.15, 0.2) is 5.54 Å². The van der Waals surface area contributed by atoms with E-state index < -0.39 is 23.3 Å². The van der Waals surface area contributed by atoms with Gasteiger partial charge in [-0.15, -0.1) is 0 Å². The van der Waals surface area contributed by atoms with Gasteiger partial charge in [-0.1, -0.05) is 42.5 Å². The van der Waals surface area contributed by atoms with Crippen molar-refractivity contribution >= 4 is 28.7 Å².